The van der Waals surface area contributed by atoms with Crippen LogP contribution >= 0.6 is 0 Å². The smallest absolute Gasteiger partial charge is 0.321 e. The second kappa shape index (κ2) is 6.03. The van der Waals surface area contributed by atoms with Gasteiger partial charge < -0.3 is 19.7 Å². The highest BCUT2D eigenvalue weighted by Gasteiger charge is 2.17. The van der Waals surface area contributed by atoms with Gasteiger partial charge in [-0.05, 0) is 25.0 Å². The molecule has 1 saturated heterocycles. The molecule has 20 heavy (non-hydrogen) atoms. The molecule has 2 heterocycles. The molecule has 1 aromatic carbocycles. The zero-order valence-corrected chi connectivity index (χ0v) is 11.6. The monoisotopic (exact) mass is 276 g/mol. The van der Waals surface area contributed by atoms with Crippen LogP contribution in [0.25, 0.3) is 0 Å². The van der Waals surface area contributed by atoms with Crippen LogP contribution in [0.2, 0.25) is 0 Å². The molecule has 0 aliphatic carbocycles. The molecule has 0 bridgehead atoms. The van der Waals surface area contributed by atoms with Crippen molar-refractivity contribution in [2.24, 2.45) is 0 Å². The number of carbonyl (C=O) groups is 1. The number of nitrogens with zero attached hydrogens (tertiary/aromatic N) is 1. The van der Waals surface area contributed by atoms with Crippen molar-refractivity contribution in [1.82, 2.24) is 4.90 Å². The molecule has 2 aliphatic rings. The number of hydrogen-bond donors (Lipinski definition) is 1. The maximum atomic E-state index is 12.3. The molecule has 0 saturated carbocycles. The molecule has 0 aromatic heterocycles. The molecule has 0 unspecified atom stereocenters. The van der Waals surface area contributed by atoms with Crippen molar-refractivity contribution in [3.63, 3.8) is 0 Å². The van der Waals surface area contributed by atoms with Gasteiger partial charge in [0.25, 0.3) is 0 Å². The Bertz CT molecular complexity index is 482. The largest absolute Gasteiger partial charge is 0.454 e. The molecule has 1 fully saturated rings. The number of nitrogens with one attached hydrogen (secondary N) is 1. The number of fused-ring (bicyclic) bond motifs is 1. The zero-order chi connectivity index (χ0) is 13.8. The van der Waals surface area contributed by atoms with E-state index in [1.54, 1.807) is 0 Å². The molecule has 108 valence electrons. The van der Waals surface area contributed by atoms with Gasteiger partial charge in [0.1, 0.15) is 0 Å². The van der Waals surface area contributed by atoms with E-state index in [4.69, 9.17) is 9.47 Å². The number of ether oxygens (including phenoxy) is 2. The number of carbonyl (C=O) groups excluding carboxylic acids is 1. The fourth-order valence-corrected chi connectivity index (χ4v) is 2.63. The van der Waals surface area contributed by atoms with E-state index in [0.717, 1.165) is 37.4 Å². The highest BCUT2D eigenvalue weighted by molar-refractivity contribution is 5.89. The summed E-state index contributed by atoms with van der Waals surface area (Å²) >= 11 is 0. The molecule has 5 heteroatoms. The fraction of sp³-hybridized carbons (Fsp3) is 0.533. The number of benzene rings is 1. The van der Waals surface area contributed by atoms with E-state index < -0.39 is 0 Å². The first kappa shape index (κ1) is 13.1. The quantitative estimate of drug-likeness (QED) is 0.857. The second-order valence-corrected chi connectivity index (χ2v) is 5.25. The van der Waals surface area contributed by atoms with Crippen LogP contribution in [-0.4, -0.2) is 30.8 Å². The molecule has 5 nitrogen and oxygen atoms in total. The minimum Gasteiger partial charge on any atom is -0.454 e. The number of likely N-dealkylation sites (tertiary alicyclic amines) is 1. The third-order valence-electron chi connectivity index (χ3n) is 3.77. The highest BCUT2D eigenvalue weighted by Crippen LogP contribution is 2.34. The number of rotatable bonds is 1. The van der Waals surface area contributed by atoms with Gasteiger partial charge in [0.15, 0.2) is 11.5 Å². The van der Waals surface area contributed by atoms with Crippen molar-refractivity contribution in [3.8, 4) is 11.5 Å². The van der Waals surface area contributed by atoms with Gasteiger partial charge >= 0.3 is 6.03 Å². The molecule has 0 atom stereocenters. The number of urea groups is 1. The lowest BCUT2D eigenvalue weighted by Crippen LogP contribution is -2.37. The molecule has 3 rings (SSSR count). The van der Waals surface area contributed by atoms with Crippen LogP contribution in [0.3, 0.4) is 0 Å². The maximum absolute atomic E-state index is 12.3. The van der Waals surface area contributed by atoms with E-state index in [-0.39, 0.29) is 12.8 Å². The molecule has 1 N–H and O–H groups in total. The summed E-state index contributed by atoms with van der Waals surface area (Å²) in [5.41, 5.74) is 0.751. The van der Waals surface area contributed by atoms with Gasteiger partial charge in [-0.25, -0.2) is 4.79 Å². The molecule has 2 amide bonds. The predicted octanol–water partition coefficient (Wildman–Crippen LogP) is 3.21. The number of anilines is 1. The minimum absolute atomic E-state index is 0.0224. The lowest BCUT2D eigenvalue weighted by Gasteiger charge is -2.25. The van der Waals surface area contributed by atoms with Crippen molar-refractivity contribution in [3.05, 3.63) is 18.2 Å². The van der Waals surface area contributed by atoms with Gasteiger partial charge in [-0.2, -0.15) is 0 Å². The normalized spacial score (nSPS) is 18.3. The van der Waals surface area contributed by atoms with Gasteiger partial charge in [0.05, 0.1) is 0 Å². The average molecular weight is 276 g/mol. The topological polar surface area (TPSA) is 50.8 Å². The molecule has 0 radical (unpaired) electrons. The predicted molar refractivity (Wildman–Crippen MR) is 76.2 cm³/mol. The summed E-state index contributed by atoms with van der Waals surface area (Å²) in [6, 6.07) is 5.45. The third-order valence-corrected chi connectivity index (χ3v) is 3.77. The van der Waals surface area contributed by atoms with Crippen LogP contribution in [0.5, 0.6) is 11.5 Å². The Morgan fingerprint density at radius 3 is 2.50 bits per heavy atom. The van der Waals surface area contributed by atoms with Crippen molar-refractivity contribution in [2.45, 2.75) is 32.1 Å². The SMILES string of the molecule is O=C(Nc1ccc2c(c1)OCO2)N1CCCCCCC1. The number of amides is 2. The van der Waals surface area contributed by atoms with Crippen LogP contribution in [0.15, 0.2) is 18.2 Å². The Hall–Kier alpha value is -1.91. The first-order valence-corrected chi connectivity index (χ1v) is 7.28. The van der Waals surface area contributed by atoms with Gasteiger partial charge in [-0.1, -0.05) is 19.3 Å². The lowest BCUT2D eigenvalue weighted by molar-refractivity contribution is 0.174. The Morgan fingerprint density at radius 1 is 1.00 bits per heavy atom. The summed E-state index contributed by atoms with van der Waals surface area (Å²) in [6.45, 7) is 1.94. The van der Waals surface area contributed by atoms with Crippen LogP contribution in [0, 0.1) is 0 Å². The summed E-state index contributed by atoms with van der Waals surface area (Å²) in [6.07, 6.45) is 5.91. The van der Waals surface area contributed by atoms with Gasteiger partial charge in [-0.3, -0.25) is 0 Å². The van der Waals surface area contributed by atoms with Crippen molar-refractivity contribution < 1.29 is 14.3 Å². The summed E-state index contributed by atoms with van der Waals surface area (Å²) < 4.78 is 10.6. The Morgan fingerprint density at radius 2 is 1.70 bits per heavy atom. The third kappa shape index (κ3) is 2.98. The van der Waals surface area contributed by atoms with E-state index in [1.807, 2.05) is 23.1 Å². The summed E-state index contributed by atoms with van der Waals surface area (Å²) in [7, 11) is 0. The standard InChI is InChI=1S/C15H20N2O3/c18-15(17-8-4-2-1-3-5-9-17)16-12-6-7-13-14(10-12)20-11-19-13/h6-7,10H,1-5,8-9,11H2,(H,16,18). The molecular formula is C15H20N2O3. The Kier molecular flexibility index (Phi) is 3.95. The van der Waals surface area contributed by atoms with Gasteiger partial charge in [-0.15, -0.1) is 0 Å². The van der Waals surface area contributed by atoms with Crippen molar-refractivity contribution in [1.29, 1.82) is 0 Å². The summed E-state index contributed by atoms with van der Waals surface area (Å²) in [5, 5.41) is 2.94. The van der Waals surface area contributed by atoms with Crippen LogP contribution in [-0.2, 0) is 0 Å². The van der Waals surface area contributed by atoms with Crippen LogP contribution < -0.4 is 14.8 Å². The first-order valence-electron chi connectivity index (χ1n) is 7.28. The first-order chi connectivity index (χ1) is 9.83. The molecule has 2 aliphatic heterocycles. The number of hydrogen-bond acceptors (Lipinski definition) is 3. The zero-order valence-electron chi connectivity index (χ0n) is 11.6. The fourth-order valence-electron chi connectivity index (χ4n) is 2.63. The van der Waals surface area contributed by atoms with E-state index in [9.17, 15) is 4.79 Å². The van der Waals surface area contributed by atoms with Crippen LogP contribution in [0.4, 0.5) is 10.5 Å². The minimum atomic E-state index is -0.0224. The molecule has 0 spiro atoms. The second-order valence-electron chi connectivity index (χ2n) is 5.25. The highest BCUT2D eigenvalue weighted by atomic mass is 16.7. The molecule has 1 aromatic rings. The van der Waals surface area contributed by atoms with E-state index >= 15 is 0 Å². The lowest BCUT2D eigenvalue weighted by atomic mass is 10.1. The summed E-state index contributed by atoms with van der Waals surface area (Å²) in [4.78, 5) is 14.2. The maximum Gasteiger partial charge on any atom is 0.321 e. The van der Waals surface area contributed by atoms with Crippen molar-refractivity contribution >= 4 is 11.7 Å². The van der Waals surface area contributed by atoms with Gasteiger partial charge in [0.2, 0.25) is 6.79 Å². The van der Waals surface area contributed by atoms with E-state index in [2.05, 4.69) is 5.32 Å². The van der Waals surface area contributed by atoms with Gasteiger partial charge in [0, 0.05) is 24.8 Å². The molecular weight excluding hydrogens is 256 g/mol. The van der Waals surface area contributed by atoms with E-state index in [0.29, 0.717) is 5.75 Å². The Labute approximate surface area is 118 Å². The Balaban J connectivity index is 1.62. The van der Waals surface area contributed by atoms with E-state index in [1.165, 1.54) is 19.3 Å². The van der Waals surface area contributed by atoms with Crippen molar-refractivity contribution in [2.75, 3.05) is 25.2 Å². The average Bonchev–Trinajstić information content (AvgIpc) is 2.85. The van der Waals surface area contributed by atoms with Crippen LogP contribution in [0.1, 0.15) is 32.1 Å². The summed E-state index contributed by atoms with van der Waals surface area (Å²) in [5.74, 6) is 1.42.